The van der Waals surface area contributed by atoms with Crippen LogP contribution in [-0.4, -0.2) is 105 Å². The lowest BCUT2D eigenvalue weighted by Crippen LogP contribution is -2.57. The van der Waals surface area contributed by atoms with Crippen LogP contribution in [0.5, 0.6) is 0 Å². The Morgan fingerprint density at radius 3 is 1.95 bits per heavy atom. The average Bonchev–Trinajstić information content (AvgIpc) is 4.06. The van der Waals surface area contributed by atoms with Crippen molar-refractivity contribution in [1.82, 2.24) is 20.4 Å². The summed E-state index contributed by atoms with van der Waals surface area (Å²) in [4.78, 5) is 59.6. The summed E-state index contributed by atoms with van der Waals surface area (Å²) in [5, 5.41) is 12.5. The van der Waals surface area contributed by atoms with Crippen LogP contribution in [-0.2, 0) is 28.6 Å². The number of methoxy groups -OCH3 is 2. The number of hydrogen-bond acceptors (Lipinski definition) is 10. The van der Waals surface area contributed by atoms with Crippen molar-refractivity contribution in [2.45, 2.75) is 129 Å². The molecule has 6 rings (SSSR count). The summed E-state index contributed by atoms with van der Waals surface area (Å²) in [6.07, 6.45) is 3.63. The highest BCUT2D eigenvalue weighted by atomic mass is 19.1. The molecule has 3 aromatic carbocycles. The molecule has 3 unspecified atom stereocenters. The molecule has 0 saturated carbocycles. The Morgan fingerprint density at radius 1 is 0.754 bits per heavy atom. The molecule has 4 amide bonds. The molecular formula is C50H70FN7O7. The van der Waals surface area contributed by atoms with E-state index in [9.17, 15) is 23.6 Å². The summed E-state index contributed by atoms with van der Waals surface area (Å²) in [6, 6.07) is 20.5. The number of carbonyl (C=O) groups is 4. The van der Waals surface area contributed by atoms with Crippen molar-refractivity contribution in [2.75, 3.05) is 56.2 Å². The van der Waals surface area contributed by atoms with E-state index in [0.717, 1.165) is 48.2 Å². The number of anilines is 3. The maximum atomic E-state index is 14.3. The monoisotopic (exact) mass is 900 g/mol. The summed E-state index contributed by atoms with van der Waals surface area (Å²) in [5.41, 5.74) is 3.54. The third-order valence-electron chi connectivity index (χ3n) is 12.9. The molecule has 354 valence electrons. The highest BCUT2D eigenvalue weighted by molar-refractivity contribution is 5.99. The third-order valence-corrected chi connectivity index (χ3v) is 12.9. The average molecular weight is 900 g/mol. The Balaban J connectivity index is 1.13. The second-order valence-corrected chi connectivity index (χ2v) is 19.7. The number of likely N-dealkylation sites (tertiary alicyclic amines) is 2. The van der Waals surface area contributed by atoms with Crippen molar-refractivity contribution in [3.63, 3.8) is 0 Å². The second kappa shape index (κ2) is 21.4. The third kappa shape index (κ3) is 12.2. The van der Waals surface area contributed by atoms with E-state index in [4.69, 9.17) is 14.2 Å². The molecule has 3 aliphatic rings. The first-order valence-electron chi connectivity index (χ1n) is 23.0. The van der Waals surface area contributed by atoms with Crippen LogP contribution in [0, 0.1) is 16.6 Å². The van der Waals surface area contributed by atoms with Gasteiger partial charge in [0.25, 0.3) is 0 Å². The van der Waals surface area contributed by atoms with Crippen molar-refractivity contribution in [1.29, 1.82) is 0 Å². The summed E-state index contributed by atoms with van der Waals surface area (Å²) in [5.74, 6) is -0.869. The molecule has 0 radical (unpaired) electrons. The van der Waals surface area contributed by atoms with E-state index >= 15 is 0 Å². The molecule has 0 aromatic heterocycles. The van der Waals surface area contributed by atoms with Gasteiger partial charge >= 0.3 is 6.09 Å². The van der Waals surface area contributed by atoms with Gasteiger partial charge in [0.1, 0.15) is 30.9 Å². The van der Waals surface area contributed by atoms with E-state index in [1.54, 1.807) is 12.0 Å². The quantitative estimate of drug-likeness (QED) is 0.0823. The molecule has 65 heavy (non-hydrogen) atoms. The van der Waals surface area contributed by atoms with Crippen molar-refractivity contribution >= 4 is 40.9 Å². The first-order chi connectivity index (χ1) is 30.9. The van der Waals surface area contributed by atoms with Crippen LogP contribution in [0.3, 0.4) is 0 Å². The Kier molecular flexibility index (Phi) is 16.2. The maximum Gasteiger partial charge on any atom is 0.407 e. The fourth-order valence-corrected chi connectivity index (χ4v) is 9.43. The van der Waals surface area contributed by atoms with Gasteiger partial charge in [0.05, 0.1) is 37.9 Å². The minimum Gasteiger partial charge on any atom is -0.453 e. The van der Waals surface area contributed by atoms with Crippen LogP contribution in [0.1, 0.15) is 110 Å². The lowest BCUT2D eigenvalue weighted by atomic mass is 9.85. The topological polar surface area (TPSA) is 154 Å². The van der Waals surface area contributed by atoms with Crippen LogP contribution < -0.4 is 26.2 Å². The van der Waals surface area contributed by atoms with Crippen LogP contribution in [0.2, 0.25) is 0 Å². The molecule has 14 nitrogen and oxygen atoms in total. The molecule has 0 aliphatic carbocycles. The molecule has 15 heteroatoms. The van der Waals surface area contributed by atoms with Gasteiger partial charge in [-0.2, -0.15) is 0 Å². The molecule has 3 heterocycles. The minimum absolute atomic E-state index is 0.0173. The van der Waals surface area contributed by atoms with Gasteiger partial charge in [0.15, 0.2) is 0 Å². The largest absolute Gasteiger partial charge is 0.453 e. The summed E-state index contributed by atoms with van der Waals surface area (Å²) >= 11 is 0. The van der Waals surface area contributed by atoms with E-state index in [1.165, 1.54) is 19.2 Å². The van der Waals surface area contributed by atoms with Crippen molar-refractivity contribution in [3.05, 3.63) is 89.7 Å². The highest BCUT2D eigenvalue weighted by Crippen LogP contribution is 2.47. The molecule has 3 fully saturated rings. The normalized spacial score (nSPS) is 21.5. The zero-order valence-electron chi connectivity index (χ0n) is 39.6. The standard InChI is InChI=1S/C50H70FN7O7/c1-32(63-8)53-43(49(2,3)4)46(60)56-26-12-18-39(56)30-65-31-52-36-16-10-14-33(28-36)40-24-25-41(58(40)38-22-20-35(51)21-23-38)34-15-11-17-37(29-34)54-45(59)42-19-13-27-57(42)47(61)44(50(5,6)7)55-48(62)64-9/h10-11,14-17,20-23,28-29,32,39-44,52-53H,12-13,18-19,24-27,30-31H2,1-9H3,(H,54,59)(H,55,62)/t32?,39-,40?,41?,42-,43+,44+/m0/s1. The molecule has 0 bridgehead atoms. The lowest BCUT2D eigenvalue weighted by molar-refractivity contribution is -0.140. The van der Waals surface area contributed by atoms with Gasteiger partial charge in [-0.25, -0.2) is 9.18 Å². The van der Waals surface area contributed by atoms with Crippen molar-refractivity contribution in [2.24, 2.45) is 10.8 Å². The molecular weight excluding hydrogens is 830 g/mol. The first kappa shape index (κ1) is 49.2. The van der Waals surface area contributed by atoms with E-state index in [-0.39, 0.29) is 60.0 Å². The number of hydrogen-bond donors (Lipinski definition) is 4. The van der Waals surface area contributed by atoms with Gasteiger partial charge < -0.3 is 44.9 Å². The van der Waals surface area contributed by atoms with Crippen LogP contribution in [0.4, 0.5) is 26.2 Å². The molecule has 3 aliphatic heterocycles. The smallest absolute Gasteiger partial charge is 0.407 e. The Bertz CT molecular complexity index is 2110. The number of halogens is 1. The second-order valence-electron chi connectivity index (χ2n) is 19.7. The van der Waals surface area contributed by atoms with Gasteiger partial charge in [-0.3, -0.25) is 19.7 Å². The number of ether oxygens (including phenoxy) is 3. The Labute approximate surface area is 384 Å². The van der Waals surface area contributed by atoms with Gasteiger partial charge in [-0.05, 0) is 116 Å². The van der Waals surface area contributed by atoms with Gasteiger partial charge in [0.2, 0.25) is 17.7 Å². The molecule has 3 saturated heterocycles. The number of nitrogens with one attached hydrogen (secondary N) is 4. The van der Waals surface area contributed by atoms with E-state index < -0.39 is 29.6 Å². The maximum absolute atomic E-state index is 14.3. The number of alkyl carbamates (subject to hydrolysis) is 1. The fraction of sp³-hybridized carbons (Fsp3) is 0.560. The number of carbonyl (C=O) groups excluding carboxylic acids is 4. The summed E-state index contributed by atoms with van der Waals surface area (Å²) in [7, 11) is 2.88. The first-order valence-corrected chi connectivity index (χ1v) is 23.0. The van der Waals surface area contributed by atoms with Gasteiger partial charge in [-0.1, -0.05) is 65.8 Å². The highest BCUT2D eigenvalue weighted by Gasteiger charge is 2.43. The molecule has 7 atom stereocenters. The lowest BCUT2D eigenvalue weighted by Gasteiger charge is -2.37. The van der Waals surface area contributed by atoms with E-state index in [1.807, 2.05) is 81.1 Å². The van der Waals surface area contributed by atoms with E-state index in [2.05, 4.69) is 59.1 Å². The Morgan fingerprint density at radius 2 is 1.34 bits per heavy atom. The van der Waals surface area contributed by atoms with E-state index in [0.29, 0.717) is 38.2 Å². The predicted molar refractivity (Wildman–Crippen MR) is 251 cm³/mol. The van der Waals surface area contributed by atoms with Gasteiger partial charge in [0, 0.05) is 37.3 Å². The molecule has 3 aromatic rings. The van der Waals surface area contributed by atoms with Crippen LogP contribution >= 0.6 is 0 Å². The summed E-state index contributed by atoms with van der Waals surface area (Å²) < 4.78 is 30.7. The van der Waals surface area contributed by atoms with Gasteiger partial charge in [-0.15, -0.1) is 0 Å². The number of nitrogens with zero attached hydrogens (tertiary/aromatic N) is 3. The zero-order chi connectivity index (χ0) is 47.1. The van der Waals surface area contributed by atoms with Crippen LogP contribution in [0.25, 0.3) is 0 Å². The number of benzene rings is 3. The van der Waals surface area contributed by atoms with Crippen LogP contribution in [0.15, 0.2) is 72.8 Å². The zero-order valence-corrected chi connectivity index (χ0v) is 39.6. The van der Waals surface area contributed by atoms with Crippen molar-refractivity contribution < 1.29 is 37.8 Å². The predicted octanol–water partition coefficient (Wildman–Crippen LogP) is 7.98. The summed E-state index contributed by atoms with van der Waals surface area (Å²) in [6.45, 7) is 15.4. The fourth-order valence-electron chi connectivity index (χ4n) is 9.43. The minimum atomic E-state index is -0.878. The Hall–Kier alpha value is -5.25. The van der Waals surface area contributed by atoms with Crippen molar-refractivity contribution in [3.8, 4) is 0 Å². The molecule has 4 N–H and O–H groups in total. The number of amides is 4. The molecule has 0 spiro atoms. The SMILES string of the molecule is COC(=O)N[C@H](C(=O)N1CCC[C@H]1C(=O)Nc1cccc(C2CCC(c3cccc(NCOC[C@@H]4CCCN4C(=O)[C@@H](NC(C)OC)C(C)(C)C)c3)N2c2ccc(F)cc2)c1)C(C)(C)C. The number of rotatable bonds is 16.